The Morgan fingerprint density at radius 3 is 2.29 bits per heavy atom. The number of rotatable bonds is 8. The predicted molar refractivity (Wildman–Crippen MR) is 78.3 cm³/mol. The molecule has 21 heavy (non-hydrogen) atoms. The van der Waals surface area contributed by atoms with Gasteiger partial charge in [0.2, 0.25) is 0 Å². The van der Waals surface area contributed by atoms with Crippen LogP contribution in [0.4, 0.5) is 13.2 Å². The van der Waals surface area contributed by atoms with Crippen molar-refractivity contribution >= 4 is 17.7 Å². The Balaban J connectivity index is 2.32. The zero-order valence-electron chi connectivity index (χ0n) is 12.1. The Hall–Kier alpha value is -0.430. The van der Waals surface area contributed by atoms with E-state index in [0.29, 0.717) is 30.8 Å². The van der Waals surface area contributed by atoms with Crippen LogP contribution in [0.5, 0.6) is 0 Å². The number of nitrogens with two attached hydrogens (primary N) is 1. The second-order valence-corrected chi connectivity index (χ2v) is 6.91. The largest absolute Gasteiger partial charge is 0.480 e. The smallest absolute Gasteiger partial charge is 0.392 e. The van der Waals surface area contributed by atoms with Gasteiger partial charge in [-0.05, 0) is 43.1 Å². The molecule has 1 fully saturated rings. The average molecular weight is 327 g/mol. The van der Waals surface area contributed by atoms with Gasteiger partial charge in [0, 0.05) is 0 Å². The second-order valence-electron chi connectivity index (χ2n) is 5.68. The maximum absolute atomic E-state index is 13.1. The minimum Gasteiger partial charge on any atom is -0.480 e. The molecule has 1 aliphatic rings. The molecule has 0 bridgehead atoms. The van der Waals surface area contributed by atoms with Gasteiger partial charge < -0.3 is 10.8 Å². The molecule has 124 valence electrons. The van der Waals surface area contributed by atoms with Crippen LogP contribution in [0.3, 0.4) is 0 Å². The van der Waals surface area contributed by atoms with Crippen molar-refractivity contribution in [3.05, 3.63) is 0 Å². The lowest BCUT2D eigenvalue weighted by Crippen LogP contribution is -2.32. The van der Waals surface area contributed by atoms with Crippen molar-refractivity contribution < 1.29 is 23.1 Å². The molecule has 0 amide bonds. The first-order valence-electron chi connectivity index (χ1n) is 7.45. The Morgan fingerprint density at radius 2 is 1.76 bits per heavy atom. The van der Waals surface area contributed by atoms with E-state index in [1.807, 2.05) is 0 Å². The molecule has 0 spiro atoms. The lowest BCUT2D eigenvalue weighted by atomic mass is 9.78. The van der Waals surface area contributed by atoms with E-state index in [1.165, 1.54) is 11.8 Å². The van der Waals surface area contributed by atoms with Gasteiger partial charge in [0.1, 0.15) is 6.04 Å². The number of carboxylic acids is 1. The third-order valence-electron chi connectivity index (χ3n) is 4.10. The van der Waals surface area contributed by atoms with E-state index >= 15 is 0 Å². The van der Waals surface area contributed by atoms with Crippen molar-refractivity contribution in [2.45, 2.75) is 57.2 Å². The molecule has 3 nitrogen and oxygen atoms in total. The molecule has 1 rings (SSSR count). The summed E-state index contributed by atoms with van der Waals surface area (Å²) >= 11 is 1.36. The first-order valence-corrected chi connectivity index (χ1v) is 8.60. The Bertz CT molecular complexity index is 320. The fraction of sp³-hybridized carbons (Fsp3) is 0.929. The molecule has 2 unspecified atom stereocenters. The molecule has 0 aromatic carbocycles. The van der Waals surface area contributed by atoms with Crippen LogP contribution in [0.1, 0.15) is 44.9 Å². The zero-order chi connectivity index (χ0) is 15.9. The topological polar surface area (TPSA) is 63.3 Å². The predicted octanol–water partition coefficient (Wildman–Crippen LogP) is 3.67. The molecule has 7 heteroatoms. The van der Waals surface area contributed by atoms with Crippen LogP contribution in [0.15, 0.2) is 0 Å². The van der Waals surface area contributed by atoms with Crippen LogP contribution in [-0.2, 0) is 4.79 Å². The summed E-state index contributed by atoms with van der Waals surface area (Å²) in [5, 5.41) is 8.62. The van der Waals surface area contributed by atoms with E-state index in [9.17, 15) is 18.0 Å². The third kappa shape index (κ3) is 6.91. The van der Waals surface area contributed by atoms with E-state index in [-0.39, 0.29) is 12.3 Å². The summed E-state index contributed by atoms with van der Waals surface area (Å²) in [7, 11) is 0. The molecule has 1 saturated carbocycles. The highest BCUT2D eigenvalue weighted by Gasteiger charge is 2.43. The van der Waals surface area contributed by atoms with E-state index in [1.54, 1.807) is 0 Å². The highest BCUT2D eigenvalue weighted by molar-refractivity contribution is 7.99. The van der Waals surface area contributed by atoms with E-state index in [4.69, 9.17) is 10.8 Å². The summed E-state index contributed by atoms with van der Waals surface area (Å²) in [6.07, 6.45) is 0.497. The number of halogens is 3. The van der Waals surface area contributed by atoms with Crippen molar-refractivity contribution in [2.75, 3.05) is 11.5 Å². The molecule has 0 aromatic rings. The SMILES string of the molecule is NC(CCSCCC(C1CCCCC1)C(F)(F)F)C(=O)O. The van der Waals surface area contributed by atoms with Gasteiger partial charge in [0.25, 0.3) is 0 Å². The van der Waals surface area contributed by atoms with Gasteiger partial charge in [-0.2, -0.15) is 24.9 Å². The quantitative estimate of drug-likeness (QED) is 0.668. The van der Waals surface area contributed by atoms with Gasteiger partial charge in [-0.3, -0.25) is 4.79 Å². The maximum atomic E-state index is 13.1. The number of carboxylic acid groups (broad SMARTS) is 1. The van der Waals surface area contributed by atoms with E-state index in [2.05, 4.69) is 0 Å². The summed E-state index contributed by atoms with van der Waals surface area (Å²) in [5.41, 5.74) is 5.35. The minimum absolute atomic E-state index is 0.126. The molecule has 0 aliphatic heterocycles. The molecule has 0 aromatic heterocycles. The first kappa shape index (κ1) is 18.6. The molecular weight excluding hydrogens is 303 g/mol. The zero-order valence-corrected chi connectivity index (χ0v) is 12.9. The van der Waals surface area contributed by atoms with Crippen LogP contribution < -0.4 is 5.73 Å². The molecular formula is C14H24F3NO2S. The summed E-state index contributed by atoms with van der Waals surface area (Å²) in [6.45, 7) is 0. The Labute approximate surface area is 127 Å². The van der Waals surface area contributed by atoms with Crippen LogP contribution in [0.25, 0.3) is 0 Å². The molecule has 0 saturated heterocycles. The second kappa shape index (κ2) is 8.88. The summed E-state index contributed by atoms with van der Waals surface area (Å²) in [6, 6.07) is -0.922. The summed E-state index contributed by atoms with van der Waals surface area (Å²) in [4.78, 5) is 10.5. The molecule has 2 atom stereocenters. The van der Waals surface area contributed by atoms with Crippen LogP contribution in [0, 0.1) is 11.8 Å². The number of thioether (sulfide) groups is 1. The first-order chi connectivity index (χ1) is 9.82. The lowest BCUT2D eigenvalue weighted by Gasteiger charge is -2.31. The summed E-state index contributed by atoms with van der Waals surface area (Å²) < 4.78 is 39.4. The number of carbonyl (C=O) groups is 1. The Morgan fingerprint density at radius 1 is 1.19 bits per heavy atom. The standard InChI is InChI=1S/C14H24F3NO2S/c15-14(16,17)11(10-4-2-1-3-5-10)6-8-21-9-7-12(18)13(19)20/h10-12H,1-9,18H2,(H,19,20). The number of hydrogen-bond acceptors (Lipinski definition) is 3. The number of hydrogen-bond donors (Lipinski definition) is 2. The fourth-order valence-electron chi connectivity index (χ4n) is 2.85. The van der Waals surface area contributed by atoms with E-state index < -0.39 is 24.1 Å². The Kier molecular flexibility index (Phi) is 7.87. The van der Waals surface area contributed by atoms with Gasteiger partial charge in [-0.25, -0.2) is 0 Å². The van der Waals surface area contributed by atoms with Gasteiger partial charge in [0.15, 0.2) is 0 Å². The van der Waals surface area contributed by atoms with Gasteiger partial charge in [-0.1, -0.05) is 19.3 Å². The van der Waals surface area contributed by atoms with E-state index in [0.717, 1.165) is 19.3 Å². The fourth-order valence-corrected chi connectivity index (χ4v) is 3.89. The molecule has 1 aliphatic carbocycles. The van der Waals surface area contributed by atoms with Crippen molar-refractivity contribution in [3.63, 3.8) is 0 Å². The normalized spacial score (nSPS) is 20.2. The van der Waals surface area contributed by atoms with Crippen LogP contribution in [0.2, 0.25) is 0 Å². The highest BCUT2D eigenvalue weighted by atomic mass is 32.2. The number of alkyl halides is 3. The van der Waals surface area contributed by atoms with Gasteiger partial charge in [0.05, 0.1) is 5.92 Å². The highest BCUT2D eigenvalue weighted by Crippen LogP contribution is 2.41. The van der Waals surface area contributed by atoms with Gasteiger partial charge >= 0.3 is 12.1 Å². The molecule has 0 radical (unpaired) electrons. The molecule has 3 N–H and O–H groups in total. The van der Waals surface area contributed by atoms with Crippen molar-refractivity contribution in [2.24, 2.45) is 17.6 Å². The average Bonchev–Trinajstić information content (AvgIpc) is 2.41. The van der Waals surface area contributed by atoms with Gasteiger partial charge in [-0.15, -0.1) is 0 Å². The summed E-state index contributed by atoms with van der Waals surface area (Å²) in [5.74, 6) is -1.61. The number of aliphatic carboxylic acids is 1. The van der Waals surface area contributed by atoms with Crippen molar-refractivity contribution in [3.8, 4) is 0 Å². The monoisotopic (exact) mass is 327 g/mol. The van der Waals surface area contributed by atoms with Crippen molar-refractivity contribution in [1.82, 2.24) is 0 Å². The third-order valence-corrected chi connectivity index (χ3v) is 5.15. The molecule has 0 heterocycles. The lowest BCUT2D eigenvalue weighted by molar-refractivity contribution is -0.192. The van der Waals surface area contributed by atoms with Crippen LogP contribution in [-0.4, -0.2) is 34.8 Å². The van der Waals surface area contributed by atoms with Crippen LogP contribution >= 0.6 is 11.8 Å². The minimum atomic E-state index is -4.12. The van der Waals surface area contributed by atoms with Crippen molar-refractivity contribution in [1.29, 1.82) is 0 Å². The maximum Gasteiger partial charge on any atom is 0.392 e.